The van der Waals surface area contributed by atoms with Gasteiger partial charge in [0.2, 0.25) is 23.3 Å². The van der Waals surface area contributed by atoms with Gasteiger partial charge in [0, 0.05) is 23.7 Å². The van der Waals surface area contributed by atoms with Crippen LogP contribution in [0.15, 0.2) is 30.6 Å². The monoisotopic (exact) mass is 638 g/mol. The van der Waals surface area contributed by atoms with E-state index in [0.717, 1.165) is 18.4 Å². The first-order valence-electron chi connectivity index (χ1n) is 12.9. The smallest absolute Gasteiger partial charge is 0.231 e. The van der Waals surface area contributed by atoms with Crippen LogP contribution < -0.4 is 15.8 Å². The standard InChI is InChI=1S/C27H23F5N6O3S2/c28-17-9-15(41-25-22(31)18(29)10-19(30)23(25)32)5-6-16(17)24-21-26(33)34-12-35-27(21)38(37-24)14-3-1-13(2-4-14)36-20(40)11-43-42-8-7-39/h5-7,9-10,12-14H,1-4,8,11H2,(H,36,40)(H2,33,34,35). The number of carbonyl (C=O) groups is 2. The Bertz CT molecular complexity index is 1660. The van der Waals surface area contributed by atoms with Crippen LogP contribution in [0, 0.1) is 29.1 Å². The fourth-order valence-corrected chi connectivity index (χ4v) is 6.31. The van der Waals surface area contributed by atoms with Crippen LogP contribution in [-0.4, -0.2) is 49.5 Å². The second-order valence-corrected chi connectivity index (χ2v) is 12.1. The molecule has 2 aromatic carbocycles. The number of anilines is 1. The first-order chi connectivity index (χ1) is 20.7. The molecule has 1 saturated carbocycles. The summed E-state index contributed by atoms with van der Waals surface area (Å²) in [5.41, 5.74) is 6.58. The minimum absolute atomic E-state index is 0.0346. The molecule has 1 aliphatic carbocycles. The van der Waals surface area contributed by atoms with Gasteiger partial charge < -0.3 is 20.6 Å². The zero-order valence-corrected chi connectivity index (χ0v) is 23.8. The van der Waals surface area contributed by atoms with Crippen molar-refractivity contribution in [2.45, 2.75) is 37.8 Å². The third-order valence-electron chi connectivity index (χ3n) is 6.82. The number of hydrogen-bond acceptors (Lipinski definition) is 9. The van der Waals surface area contributed by atoms with Crippen LogP contribution in [0.3, 0.4) is 0 Å². The highest BCUT2D eigenvalue weighted by atomic mass is 33.1. The predicted molar refractivity (Wildman–Crippen MR) is 152 cm³/mol. The van der Waals surface area contributed by atoms with E-state index < -0.39 is 40.6 Å². The third-order valence-corrected chi connectivity index (χ3v) is 8.90. The number of rotatable bonds is 10. The van der Waals surface area contributed by atoms with E-state index in [1.165, 1.54) is 34.0 Å². The summed E-state index contributed by atoms with van der Waals surface area (Å²) in [6.07, 6.45) is 4.63. The van der Waals surface area contributed by atoms with Gasteiger partial charge in [0.05, 0.1) is 22.9 Å². The van der Waals surface area contributed by atoms with Gasteiger partial charge >= 0.3 is 0 Å². The van der Waals surface area contributed by atoms with E-state index in [1.54, 1.807) is 4.68 Å². The Morgan fingerprint density at radius 1 is 1.02 bits per heavy atom. The molecule has 0 atom stereocenters. The molecule has 0 saturated heterocycles. The largest absolute Gasteiger partial charge is 0.451 e. The van der Waals surface area contributed by atoms with Crippen molar-refractivity contribution in [3.05, 3.63) is 59.7 Å². The summed E-state index contributed by atoms with van der Waals surface area (Å²) in [6.45, 7) is 0. The van der Waals surface area contributed by atoms with Crippen LogP contribution in [0.1, 0.15) is 31.7 Å². The maximum absolute atomic E-state index is 15.4. The SMILES string of the molecule is Nc1ncnc2c1c(-c1ccc(Oc3c(F)c(F)cc(F)c3F)cc1F)nn2C1CCC(NC(=O)CSSCC=O)CC1. The normalized spacial score (nSPS) is 16.8. The molecular formula is C27H23F5N6O3S2. The van der Waals surface area contributed by atoms with Gasteiger partial charge in [-0.15, -0.1) is 0 Å². The number of benzene rings is 2. The number of amides is 1. The number of aromatic nitrogens is 4. The van der Waals surface area contributed by atoms with E-state index in [1.807, 2.05) is 0 Å². The number of nitrogens with one attached hydrogen (secondary N) is 1. The number of ether oxygens (including phenoxy) is 1. The van der Waals surface area contributed by atoms with E-state index in [9.17, 15) is 27.2 Å². The van der Waals surface area contributed by atoms with E-state index in [4.69, 9.17) is 10.5 Å². The van der Waals surface area contributed by atoms with E-state index in [2.05, 4.69) is 20.4 Å². The number of fused-ring (bicyclic) bond motifs is 1. The lowest BCUT2D eigenvalue weighted by atomic mass is 9.91. The first-order valence-corrected chi connectivity index (χ1v) is 15.4. The van der Waals surface area contributed by atoms with Gasteiger partial charge in [0.15, 0.2) is 17.3 Å². The van der Waals surface area contributed by atoms with E-state index >= 15 is 4.39 Å². The van der Waals surface area contributed by atoms with Gasteiger partial charge in [-0.1, -0.05) is 21.6 Å². The summed E-state index contributed by atoms with van der Waals surface area (Å²) in [5, 5.41) is 7.92. The van der Waals surface area contributed by atoms with E-state index in [-0.39, 0.29) is 46.9 Å². The molecule has 0 spiro atoms. The number of carbonyl (C=O) groups excluding carboxylic acids is 2. The van der Waals surface area contributed by atoms with Crippen LogP contribution in [0.2, 0.25) is 0 Å². The Labute approximate surface area is 249 Å². The Hall–Kier alpha value is -3.92. The average molecular weight is 639 g/mol. The zero-order chi connectivity index (χ0) is 30.7. The fraction of sp³-hybridized carbons (Fsp3) is 0.296. The second-order valence-electron chi connectivity index (χ2n) is 9.58. The fourth-order valence-electron chi connectivity index (χ4n) is 4.85. The number of hydrogen-bond donors (Lipinski definition) is 2. The molecule has 4 aromatic rings. The Balaban J connectivity index is 1.36. The average Bonchev–Trinajstić information content (AvgIpc) is 3.37. The summed E-state index contributed by atoms with van der Waals surface area (Å²) in [6, 6.07) is 3.05. The lowest BCUT2D eigenvalue weighted by Gasteiger charge is -2.29. The molecule has 16 heteroatoms. The summed E-state index contributed by atoms with van der Waals surface area (Å²) >= 11 is 0. The van der Waals surface area contributed by atoms with Crippen molar-refractivity contribution in [3.8, 4) is 22.8 Å². The summed E-state index contributed by atoms with van der Waals surface area (Å²) < 4.78 is 77.3. The Morgan fingerprint density at radius 2 is 1.74 bits per heavy atom. The Morgan fingerprint density at radius 3 is 2.42 bits per heavy atom. The van der Waals surface area contributed by atoms with Gasteiger partial charge in [-0.3, -0.25) is 4.79 Å². The molecule has 226 valence electrons. The Kier molecular flexibility index (Phi) is 9.34. The highest BCUT2D eigenvalue weighted by Gasteiger charge is 2.29. The van der Waals surface area contributed by atoms with Crippen molar-refractivity contribution >= 4 is 50.6 Å². The molecule has 1 aliphatic rings. The third kappa shape index (κ3) is 6.54. The van der Waals surface area contributed by atoms with Crippen molar-refractivity contribution in [1.82, 2.24) is 25.1 Å². The van der Waals surface area contributed by atoms with Crippen molar-refractivity contribution < 1.29 is 36.3 Å². The van der Waals surface area contributed by atoms with Crippen LogP contribution in [0.5, 0.6) is 11.5 Å². The van der Waals surface area contributed by atoms with Crippen molar-refractivity contribution in [2.75, 3.05) is 17.2 Å². The molecule has 9 nitrogen and oxygen atoms in total. The predicted octanol–water partition coefficient (Wildman–Crippen LogP) is 5.74. The van der Waals surface area contributed by atoms with Gasteiger partial charge in [0.1, 0.15) is 35.7 Å². The molecule has 2 heterocycles. The van der Waals surface area contributed by atoms with Gasteiger partial charge in [0.25, 0.3) is 0 Å². The lowest BCUT2D eigenvalue weighted by molar-refractivity contribution is -0.119. The molecule has 0 unspecified atom stereocenters. The maximum Gasteiger partial charge on any atom is 0.231 e. The molecule has 0 aliphatic heterocycles. The number of aldehydes is 1. The van der Waals surface area contributed by atoms with Crippen LogP contribution in [0.4, 0.5) is 27.8 Å². The van der Waals surface area contributed by atoms with Crippen LogP contribution in [-0.2, 0) is 9.59 Å². The highest BCUT2D eigenvalue weighted by molar-refractivity contribution is 8.77. The first kappa shape index (κ1) is 30.5. The summed E-state index contributed by atoms with van der Waals surface area (Å²) in [5.74, 6) is -9.06. The van der Waals surface area contributed by atoms with Crippen LogP contribution >= 0.6 is 21.6 Å². The minimum Gasteiger partial charge on any atom is -0.451 e. The van der Waals surface area contributed by atoms with Gasteiger partial charge in [-0.2, -0.15) is 13.9 Å². The molecule has 1 amide bonds. The molecule has 0 bridgehead atoms. The number of nitrogen functional groups attached to an aromatic ring is 1. The molecule has 0 radical (unpaired) electrons. The number of nitrogens with two attached hydrogens (primary N) is 1. The molecule has 1 fully saturated rings. The number of nitrogens with zero attached hydrogens (tertiary/aromatic N) is 4. The lowest BCUT2D eigenvalue weighted by Crippen LogP contribution is -2.39. The topological polar surface area (TPSA) is 125 Å². The van der Waals surface area contributed by atoms with E-state index in [0.29, 0.717) is 42.5 Å². The second kappa shape index (κ2) is 13.2. The van der Waals surface area contributed by atoms with Crippen molar-refractivity contribution in [3.63, 3.8) is 0 Å². The van der Waals surface area contributed by atoms with Crippen molar-refractivity contribution in [2.24, 2.45) is 0 Å². The van der Waals surface area contributed by atoms with Gasteiger partial charge in [-0.05, 0) is 37.8 Å². The number of halogens is 5. The minimum atomic E-state index is -1.76. The molecular weight excluding hydrogens is 615 g/mol. The van der Waals surface area contributed by atoms with Crippen molar-refractivity contribution in [1.29, 1.82) is 0 Å². The quantitative estimate of drug-likeness (QED) is 0.0735. The molecule has 2 aromatic heterocycles. The molecule has 43 heavy (non-hydrogen) atoms. The summed E-state index contributed by atoms with van der Waals surface area (Å²) in [4.78, 5) is 31.0. The maximum atomic E-state index is 15.4. The van der Waals surface area contributed by atoms with Gasteiger partial charge in [-0.25, -0.2) is 27.8 Å². The van der Waals surface area contributed by atoms with Crippen LogP contribution in [0.25, 0.3) is 22.3 Å². The highest BCUT2D eigenvalue weighted by Crippen LogP contribution is 2.38. The zero-order valence-electron chi connectivity index (χ0n) is 22.2. The molecule has 5 rings (SSSR count). The molecule has 3 N–H and O–H groups in total. The summed E-state index contributed by atoms with van der Waals surface area (Å²) in [7, 11) is 2.62.